The summed E-state index contributed by atoms with van der Waals surface area (Å²) in [5.41, 5.74) is 7.85. The predicted octanol–water partition coefficient (Wildman–Crippen LogP) is 3.99. The second-order valence-electron chi connectivity index (χ2n) is 4.08. The second kappa shape index (κ2) is 5.27. The van der Waals surface area contributed by atoms with Crippen LogP contribution < -0.4 is 11.1 Å². The topological polar surface area (TPSA) is 81.2 Å². The van der Waals surface area contributed by atoms with Gasteiger partial charge in [-0.15, -0.1) is 0 Å². The van der Waals surface area contributed by atoms with Crippen molar-refractivity contribution in [1.82, 2.24) is 0 Å². The standard InChI is InChI=1S/C13H12BrN3O2/c1-8-5-6-9(14)7-12(8)16-11-4-2-3-10(15)13(11)17(18)19/h2-7,16H,15H2,1H3. The predicted molar refractivity (Wildman–Crippen MR) is 79.7 cm³/mol. The van der Waals surface area contributed by atoms with E-state index >= 15 is 0 Å². The average Bonchev–Trinajstić information content (AvgIpc) is 2.33. The van der Waals surface area contributed by atoms with E-state index in [0.717, 1.165) is 15.7 Å². The van der Waals surface area contributed by atoms with Crippen LogP contribution in [0, 0.1) is 17.0 Å². The number of nitrogens with zero attached hydrogens (tertiary/aromatic N) is 1. The highest BCUT2D eigenvalue weighted by molar-refractivity contribution is 9.10. The Labute approximate surface area is 118 Å². The van der Waals surface area contributed by atoms with E-state index in [9.17, 15) is 10.1 Å². The summed E-state index contributed by atoms with van der Waals surface area (Å²) in [5.74, 6) is 0. The smallest absolute Gasteiger partial charge is 0.315 e. The van der Waals surface area contributed by atoms with Crippen molar-refractivity contribution >= 4 is 38.7 Å². The molecule has 0 radical (unpaired) electrons. The van der Waals surface area contributed by atoms with E-state index in [4.69, 9.17) is 5.73 Å². The molecule has 0 heterocycles. The van der Waals surface area contributed by atoms with Gasteiger partial charge < -0.3 is 11.1 Å². The maximum absolute atomic E-state index is 11.1. The first-order valence-corrected chi connectivity index (χ1v) is 6.34. The molecule has 0 saturated carbocycles. The highest BCUT2D eigenvalue weighted by atomic mass is 79.9. The summed E-state index contributed by atoms with van der Waals surface area (Å²) in [5, 5.41) is 14.1. The lowest BCUT2D eigenvalue weighted by Gasteiger charge is -2.11. The largest absolute Gasteiger partial charge is 0.393 e. The minimum atomic E-state index is -0.481. The zero-order valence-corrected chi connectivity index (χ0v) is 11.8. The minimum Gasteiger partial charge on any atom is -0.393 e. The van der Waals surface area contributed by atoms with E-state index in [2.05, 4.69) is 21.2 Å². The summed E-state index contributed by atoms with van der Waals surface area (Å²) in [6, 6.07) is 10.5. The van der Waals surface area contributed by atoms with Crippen molar-refractivity contribution in [1.29, 1.82) is 0 Å². The molecule has 2 aromatic carbocycles. The highest BCUT2D eigenvalue weighted by Crippen LogP contribution is 2.34. The molecule has 0 saturated heterocycles. The van der Waals surface area contributed by atoms with Crippen molar-refractivity contribution in [3.8, 4) is 0 Å². The third kappa shape index (κ3) is 2.85. The van der Waals surface area contributed by atoms with Crippen LogP contribution in [-0.4, -0.2) is 4.92 Å². The Bertz CT molecular complexity index is 644. The fraction of sp³-hybridized carbons (Fsp3) is 0.0769. The van der Waals surface area contributed by atoms with Gasteiger partial charge in [-0.05, 0) is 36.8 Å². The summed E-state index contributed by atoms with van der Waals surface area (Å²) in [7, 11) is 0. The van der Waals surface area contributed by atoms with Crippen LogP contribution in [0.4, 0.5) is 22.7 Å². The highest BCUT2D eigenvalue weighted by Gasteiger charge is 2.18. The Hall–Kier alpha value is -2.08. The zero-order valence-electron chi connectivity index (χ0n) is 10.2. The van der Waals surface area contributed by atoms with Crippen molar-refractivity contribution in [2.24, 2.45) is 0 Å². The second-order valence-corrected chi connectivity index (χ2v) is 5.00. The van der Waals surface area contributed by atoms with Crippen molar-refractivity contribution in [3.63, 3.8) is 0 Å². The van der Waals surface area contributed by atoms with Gasteiger partial charge in [0.2, 0.25) is 0 Å². The molecule has 19 heavy (non-hydrogen) atoms. The van der Waals surface area contributed by atoms with Crippen LogP contribution in [0.3, 0.4) is 0 Å². The molecule has 0 aliphatic carbocycles. The third-order valence-corrected chi connectivity index (χ3v) is 3.21. The Morgan fingerprint density at radius 2 is 2.00 bits per heavy atom. The monoisotopic (exact) mass is 321 g/mol. The molecule has 0 aliphatic rings. The van der Waals surface area contributed by atoms with E-state index < -0.39 is 4.92 Å². The number of rotatable bonds is 3. The average molecular weight is 322 g/mol. The summed E-state index contributed by atoms with van der Waals surface area (Å²) >= 11 is 3.37. The van der Waals surface area contributed by atoms with Crippen LogP contribution in [-0.2, 0) is 0 Å². The number of halogens is 1. The quantitative estimate of drug-likeness (QED) is 0.508. The molecular weight excluding hydrogens is 310 g/mol. The fourth-order valence-corrected chi connectivity index (χ4v) is 2.10. The number of aryl methyl sites for hydroxylation is 1. The Morgan fingerprint density at radius 1 is 1.26 bits per heavy atom. The first-order valence-electron chi connectivity index (χ1n) is 5.55. The maximum Gasteiger partial charge on any atom is 0.315 e. The summed E-state index contributed by atoms with van der Waals surface area (Å²) < 4.78 is 0.896. The molecule has 0 bridgehead atoms. The van der Waals surface area contributed by atoms with E-state index in [1.807, 2.05) is 25.1 Å². The van der Waals surface area contributed by atoms with Crippen LogP contribution in [0.25, 0.3) is 0 Å². The number of anilines is 3. The summed E-state index contributed by atoms with van der Waals surface area (Å²) in [6.07, 6.45) is 0. The molecule has 0 atom stereocenters. The Balaban J connectivity index is 2.46. The number of nitrogens with one attached hydrogen (secondary N) is 1. The maximum atomic E-state index is 11.1. The molecule has 2 aromatic rings. The molecule has 98 valence electrons. The van der Waals surface area contributed by atoms with Crippen LogP contribution in [0.1, 0.15) is 5.56 Å². The molecule has 6 heteroatoms. The number of nitrogen functional groups attached to an aromatic ring is 1. The number of benzene rings is 2. The minimum absolute atomic E-state index is 0.109. The molecule has 2 rings (SSSR count). The molecule has 3 N–H and O–H groups in total. The zero-order chi connectivity index (χ0) is 14.0. The summed E-state index contributed by atoms with van der Waals surface area (Å²) in [6.45, 7) is 1.92. The molecule has 5 nitrogen and oxygen atoms in total. The van der Waals surface area contributed by atoms with E-state index in [1.54, 1.807) is 12.1 Å². The number of nitro benzene ring substituents is 1. The van der Waals surface area contributed by atoms with E-state index in [0.29, 0.717) is 5.69 Å². The van der Waals surface area contributed by atoms with Crippen molar-refractivity contribution < 1.29 is 4.92 Å². The molecule has 0 amide bonds. The van der Waals surface area contributed by atoms with Gasteiger partial charge in [0.25, 0.3) is 0 Å². The van der Waals surface area contributed by atoms with Crippen LogP contribution in [0.5, 0.6) is 0 Å². The lowest BCUT2D eigenvalue weighted by Crippen LogP contribution is -2.01. The van der Waals surface area contributed by atoms with Crippen molar-refractivity contribution in [2.75, 3.05) is 11.1 Å². The van der Waals surface area contributed by atoms with Crippen molar-refractivity contribution in [2.45, 2.75) is 6.92 Å². The fourth-order valence-electron chi connectivity index (χ4n) is 1.74. The molecule has 0 unspecified atom stereocenters. The SMILES string of the molecule is Cc1ccc(Br)cc1Nc1cccc(N)c1[N+](=O)[O-]. The number of nitrogens with two attached hydrogens (primary N) is 1. The van der Waals surface area contributed by atoms with Gasteiger partial charge in [-0.2, -0.15) is 0 Å². The van der Waals surface area contributed by atoms with E-state index in [1.165, 1.54) is 6.07 Å². The van der Waals surface area contributed by atoms with E-state index in [-0.39, 0.29) is 11.4 Å². The van der Waals surface area contributed by atoms with Gasteiger partial charge >= 0.3 is 5.69 Å². The van der Waals surface area contributed by atoms with Gasteiger partial charge in [0.1, 0.15) is 11.4 Å². The van der Waals surface area contributed by atoms with Gasteiger partial charge in [0.15, 0.2) is 0 Å². The first kappa shape index (κ1) is 13.4. The molecule has 0 spiro atoms. The van der Waals surface area contributed by atoms with Crippen LogP contribution in [0.15, 0.2) is 40.9 Å². The van der Waals surface area contributed by atoms with Crippen LogP contribution in [0.2, 0.25) is 0 Å². The first-order chi connectivity index (χ1) is 8.99. The third-order valence-electron chi connectivity index (χ3n) is 2.72. The van der Waals surface area contributed by atoms with Gasteiger partial charge in [-0.25, -0.2) is 0 Å². The summed E-state index contributed by atoms with van der Waals surface area (Å²) in [4.78, 5) is 10.6. The normalized spacial score (nSPS) is 10.2. The van der Waals surface area contributed by atoms with Gasteiger partial charge in [0.05, 0.1) is 4.92 Å². The number of nitro groups is 1. The lowest BCUT2D eigenvalue weighted by molar-refractivity contribution is -0.383. The number of hydrogen-bond donors (Lipinski definition) is 2. The van der Waals surface area contributed by atoms with Crippen molar-refractivity contribution in [3.05, 3.63) is 56.5 Å². The van der Waals surface area contributed by atoms with Crippen LogP contribution >= 0.6 is 15.9 Å². The Morgan fingerprint density at radius 3 is 2.68 bits per heavy atom. The van der Waals surface area contributed by atoms with Gasteiger partial charge in [-0.1, -0.05) is 28.1 Å². The molecule has 0 aliphatic heterocycles. The molecule has 0 fully saturated rings. The lowest BCUT2D eigenvalue weighted by atomic mass is 10.1. The molecule has 0 aromatic heterocycles. The number of para-hydroxylation sites is 1. The Kier molecular flexibility index (Phi) is 3.71. The molecular formula is C13H12BrN3O2. The number of hydrogen-bond acceptors (Lipinski definition) is 4. The van der Waals surface area contributed by atoms with Gasteiger partial charge in [-0.3, -0.25) is 10.1 Å². The van der Waals surface area contributed by atoms with Gasteiger partial charge in [0, 0.05) is 10.2 Å².